The van der Waals surface area contributed by atoms with E-state index in [-0.39, 0.29) is 36.1 Å². The molecule has 3 atom stereocenters. The third-order valence-electron chi connectivity index (χ3n) is 6.59. The van der Waals surface area contributed by atoms with Crippen molar-refractivity contribution in [3.63, 3.8) is 0 Å². The molecule has 4 aliphatic heterocycles. The van der Waals surface area contributed by atoms with Crippen LogP contribution in [0.15, 0.2) is 24.2 Å². The van der Waals surface area contributed by atoms with Crippen molar-refractivity contribution < 1.29 is 23.9 Å². The summed E-state index contributed by atoms with van der Waals surface area (Å²) in [4.78, 5) is 50.5. The number of carbonyl (C=O) groups is 3. The number of ether oxygens (including phenoxy) is 2. The lowest BCUT2D eigenvalue weighted by Crippen LogP contribution is -2.47. The Morgan fingerprint density at radius 3 is 2.90 bits per heavy atom. The van der Waals surface area contributed by atoms with Gasteiger partial charge in [0.1, 0.15) is 11.9 Å². The van der Waals surface area contributed by atoms with E-state index in [0.29, 0.717) is 57.6 Å². The summed E-state index contributed by atoms with van der Waals surface area (Å²) in [5.41, 5.74) is 0.697. The smallest absolute Gasteiger partial charge is 0.410 e. The van der Waals surface area contributed by atoms with Gasteiger partial charge in [-0.1, -0.05) is 0 Å². The third-order valence-corrected chi connectivity index (χ3v) is 6.59. The fraction of sp³-hybridized carbons (Fsp3) is 0.619. The number of imidazole rings is 1. The fourth-order valence-electron chi connectivity index (χ4n) is 4.99. The predicted octanol–water partition coefficient (Wildman–Crippen LogP) is 0.669. The largest absolute Gasteiger partial charge is 0.501 e. The van der Waals surface area contributed by atoms with E-state index in [0.717, 1.165) is 18.7 Å². The summed E-state index contributed by atoms with van der Waals surface area (Å²) in [7, 11) is 0. The summed E-state index contributed by atoms with van der Waals surface area (Å²) >= 11 is 0. The number of aromatic nitrogens is 2. The van der Waals surface area contributed by atoms with Crippen LogP contribution in [0.1, 0.15) is 31.5 Å². The van der Waals surface area contributed by atoms with Gasteiger partial charge in [0, 0.05) is 44.9 Å². The van der Waals surface area contributed by atoms with Crippen LogP contribution in [0.4, 0.5) is 4.79 Å². The highest BCUT2D eigenvalue weighted by Gasteiger charge is 2.52. The van der Waals surface area contributed by atoms with E-state index in [4.69, 9.17) is 9.47 Å². The Morgan fingerprint density at radius 2 is 2.13 bits per heavy atom. The lowest BCUT2D eigenvalue weighted by molar-refractivity contribution is -0.130. The van der Waals surface area contributed by atoms with Gasteiger partial charge in [-0.25, -0.2) is 9.78 Å². The molecule has 1 aromatic heterocycles. The van der Waals surface area contributed by atoms with E-state index in [9.17, 15) is 14.4 Å². The molecule has 0 bridgehead atoms. The summed E-state index contributed by atoms with van der Waals surface area (Å²) in [5, 5.41) is 0. The van der Waals surface area contributed by atoms with Crippen LogP contribution in [0.3, 0.4) is 0 Å². The molecule has 0 saturated carbocycles. The van der Waals surface area contributed by atoms with Crippen molar-refractivity contribution in [2.24, 2.45) is 0 Å². The number of fused-ring (bicyclic) bond motifs is 1. The number of nitrogens with zero attached hydrogens (tertiary/aromatic N) is 4. The molecule has 0 spiro atoms. The zero-order valence-corrected chi connectivity index (χ0v) is 17.4. The molecule has 1 unspecified atom stereocenters. The molecule has 5 heterocycles. The maximum absolute atomic E-state index is 12.8. The van der Waals surface area contributed by atoms with Crippen molar-refractivity contribution in [3.05, 3.63) is 30.1 Å². The van der Waals surface area contributed by atoms with E-state index in [2.05, 4.69) is 9.97 Å². The maximum Gasteiger partial charge on any atom is 0.410 e. The normalized spacial score (nSPS) is 27.7. The molecule has 3 amide bonds. The van der Waals surface area contributed by atoms with E-state index in [1.54, 1.807) is 33.4 Å². The summed E-state index contributed by atoms with van der Waals surface area (Å²) in [6, 6.07) is -0.243. The second-order valence-electron chi connectivity index (χ2n) is 8.54. The molecule has 3 fully saturated rings. The van der Waals surface area contributed by atoms with Gasteiger partial charge in [-0.2, -0.15) is 0 Å². The molecule has 1 aromatic rings. The minimum atomic E-state index is -0.336. The van der Waals surface area contributed by atoms with Crippen LogP contribution in [0, 0.1) is 0 Å². The van der Waals surface area contributed by atoms with Crippen molar-refractivity contribution in [1.29, 1.82) is 0 Å². The van der Waals surface area contributed by atoms with Gasteiger partial charge in [0.05, 0.1) is 37.1 Å². The minimum absolute atomic E-state index is 0.00698. The van der Waals surface area contributed by atoms with Gasteiger partial charge in [-0.3, -0.25) is 14.5 Å². The van der Waals surface area contributed by atoms with Gasteiger partial charge in [-0.15, -0.1) is 0 Å². The molecule has 0 radical (unpaired) electrons. The zero-order chi connectivity index (χ0) is 21.4. The van der Waals surface area contributed by atoms with Gasteiger partial charge in [0.15, 0.2) is 0 Å². The molecule has 3 saturated heterocycles. The summed E-state index contributed by atoms with van der Waals surface area (Å²) in [6.45, 7) is 2.63. The average molecular weight is 429 g/mol. The average Bonchev–Trinajstić information content (AvgIpc) is 3.56. The number of aromatic amines is 1. The maximum atomic E-state index is 12.8. The number of carbonyl (C=O) groups excluding carboxylic acids is 3. The first-order chi connectivity index (χ1) is 15.1. The molecule has 4 aliphatic rings. The van der Waals surface area contributed by atoms with Crippen LogP contribution < -0.4 is 0 Å². The van der Waals surface area contributed by atoms with Crippen molar-refractivity contribution in [1.82, 2.24) is 24.7 Å². The van der Waals surface area contributed by atoms with Crippen molar-refractivity contribution >= 4 is 17.9 Å². The van der Waals surface area contributed by atoms with Crippen LogP contribution in [0.2, 0.25) is 0 Å². The van der Waals surface area contributed by atoms with Crippen molar-refractivity contribution in [2.75, 3.05) is 32.8 Å². The summed E-state index contributed by atoms with van der Waals surface area (Å²) in [5.74, 6) is 0.816. The molecule has 10 heteroatoms. The second kappa shape index (κ2) is 8.24. The molecule has 5 rings (SSSR count). The standard InChI is InChI=1S/C21H27N5O5/c27-19(4-3-18-22-6-7-23-18)25-11-16-17(12-25)31-21(29)26(16)15-5-8-24(10-15)20(28)14-2-1-9-30-13-14/h6-7,13,15-17H,1-5,8-12H2,(H,22,23)/t15?,16-,17+/m1/s1. The SMILES string of the molecule is O=C(CCc1ncc[nH]1)N1C[C@@H]2OC(=O)N(C3CCN(C(=O)C4=COCCC4)C3)[C@@H]2C1. The topological polar surface area (TPSA) is 108 Å². The molecule has 166 valence electrons. The molecule has 31 heavy (non-hydrogen) atoms. The van der Waals surface area contributed by atoms with Crippen molar-refractivity contribution in [2.45, 2.75) is 50.3 Å². The Kier molecular flexibility index (Phi) is 5.29. The zero-order valence-electron chi connectivity index (χ0n) is 17.4. The highest BCUT2D eigenvalue weighted by Crippen LogP contribution is 2.32. The Labute approximate surface area is 180 Å². The first kappa shape index (κ1) is 19.9. The lowest BCUT2D eigenvalue weighted by atomic mass is 10.1. The number of hydrogen-bond acceptors (Lipinski definition) is 6. The Bertz CT molecular complexity index is 885. The Balaban J connectivity index is 1.19. The van der Waals surface area contributed by atoms with E-state index in [1.807, 2.05) is 0 Å². The summed E-state index contributed by atoms with van der Waals surface area (Å²) < 4.78 is 10.9. The van der Waals surface area contributed by atoms with Crippen LogP contribution in [-0.4, -0.2) is 93.5 Å². The van der Waals surface area contributed by atoms with Gasteiger partial charge in [0.2, 0.25) is 5.91 Å². The van der Waals surface area contributed by atoms with E-state index in [1.165, 1.54) is 0 Å². The molecule has 10 nitrogen and oxygen atoms in total. The highest BCUT2D eigenvalue weighted by atomic mass is 16.6. The number of hydrogen-bond donors (Lipinski definition) is 1. The van der Waals surface area contributed by atoms with Gasteiger partial charge < -0.3 is 24.3 Å². The van der Waals surface area contributed by atoms with Gasteiger partial charge in [-0.05, 0) is 19.3 Å². The van der Waals surface area contributed by atoms with Gasteiger partial charge in [0.25, 0.3) is 5.91 Å². The number of rotatable bonds is 5. The van der Waals surface area contributed by atoms with Crippen molar-refractivity contribution in [3.8, 4) is 0 Å². The number of likely N-dealkylation sites (tertiary alicyclic amines) is 2. The van der Waals surface area contributed by atoms with E-state index < -0.39 is 0 Å². The van der Waals surface area contributed by atoms with Crippen LogP contribution in [-0.2, 0) is 25.5 Å². The van der Waals surface area contributed by atoms with Crippen LogP contribution in [0.5, 0.6) is 0 Å². The lowest BCUT2D eigenvalue weighted by Gasteiger charge is -2.28. The van der Waals surface area contributed by atoms with Crippen LogP contribution >= 0.6 is 0 Å². The third kappa shape index (κ3) is 3.86. The second-order valence-corrected chi connectivity index (χ2v) is 8.54. The minimum Gasteiger partial charge on any atom is -0.501 e. The van der Waals surface area contributed by atoms with Gasteiger partial charge >= 0.3 is 6.09 Å². The number of H-pyrrole nitrogens is 1. The molecule has 0 aliphatic carbocycles. The predicted molar refractivity (Wildman–Crippen MR) is 108 cm³/mol. The number of nitrogens with one attached hydrogen (secondary N) is 1. The molecular formula is C21H27N5O5. The Hall–Kier alpha value is -3.04. The molecule has 0 aromatic carbocycles. The monoisotopic (exact) mass is 429 g/mol. The van der Waals surface area contributed by atoms with E-state index >= 15 is 0 Å². The quantitative estimate of drug-likeness (QED) is 0.737. The van der Waals surface area contributed by atoms with Crippen LogP contribution in [0.25, 0.3) is 0 Å². The molecule has 1 N–H and O–H groups in total. The number of aryl methyl sites for hydroxylation is 1. The Morgan fingerprint density at radius 1 is 1.23 bits per heavy atom. The molecular weight excluding hydrogens is 402 g/mol. The first-order valence-corrected chi connectivity index (χ1v) is 10.9. The highest BCUT2D eigenvalue weighted by molar-refractivity contribution is 5.93. The number of amides is 3. The fourth-order valence-corrected chi connectivity index (χ4v) is 4.99. The summed E-state index contributed by atoms with van der Waals surface area (Å²) in [6.07, 6.45) is 7.55. The first-order valence-electron chi connectivity index (χ1n) is 10.9.